The van der Waals surface area contributed by atoms with Gasteiger partial charge in [0.25, 0.3) is 0 Å². The third kappa shape index (κ3) is 2.15. The number of fused-ring (bicyclic) bond motifs is 1. The fourth-order valence-corrected chi connectivity index (χ4v) is 2.46. The van der Waals surface area contributed by atoms with Gasteiger partial charge in [0, 0.05) is 24.5 Å². The Bertz CT molecular complexity index is 655. The van der Waals surface area contributed by atoms with Gasteiger partial charge >= 0.3 is 0 Å². The molecule has 0 fully saturated rings. The van der Waals surface area contributed by atoms with Gasteiger partial charge in [-0.25, -0.2) is 9.97 Å². The Morgan fingerprint density at radius 1 is 1.05 bits per heavy atom. The highest BCUT2D eigenvalue weighted by Crippen LogP contribution is 2.34. The second kappa shape index (κ2) is 5.36. The largest absolute Gasteiger partial charge is 0.493 e. The molecule has 0 amide bonds. The van der Waals surface area contributed by atoms with Crippen molar-refractivity contribution in [3.63, 3.8) is 0 Å². The van der Waals surface area contributed by atoms with Crippen LogP contribution in [-0.2, 0) is 0 Å². The smallest absolute Gasteiger partial charge is 0.162 e. The second-order valence-corrected chi connectivity index (χ2v) is 4.63. The average molecular weight is 271 g/mol. The molecular weight excluding hydrogens is 254 g/mol. The summed E-state index contributed by atoms with van der Waals surface area (Å²) in [5, 5.41) is 0.987. The first-order valence-corrected chi connectivity index (χ1v) is 6.60. The summed E-state index contributed by atoms with van der Waals surface area (Å²) in [6.45, 7) is 1.84. The van der Waals surface area contributed by atoms with Gasteiger partial charge in [-0.1, -0.05) is 12.2 Å². The predicted octanol–water partition coefficient (Wildman–Crippen LogP) is 2.41. The van der Waals surface area contributed by atoms with Crippen LogP contribution >= 0.6 is 0 Å². The van der Waals surface area contributed by atoms with E-state index < -0.39 is 0 Å². The monoisotopic (exact) mass is 271 g/mol. The van der Waals surface area contributed by atoms with Crippen LogP contribution in [0.4, 0.5) is 5.82 Å². The first-order chi connectivity index (χ1) is 9.83. The van der Waals surface area contributed by atoms with Crippen molar-refractivity contribution in [2.45, 2.75) is 6.42 Å². The summed E-state index contributed by atoms with van der Waals surface area (Å²) in [5.41, 5.74) is 0.863. The lowest BCUT2D eigenvalue weighted by molar-refractivity contribution is 0.356. The maximum Gasteiger partial charge on any atom is 0.162 e. The van der Waals surface area contributed by atoms with E-state index >= 15 is 0 Å². The summed E-state index contributed by atoms with van der Waals surface area (Å²) in [4.78, 5) is 11.0. The topological polar surface area (TPSA) is 47.5 Å². The molecule has 0 saturated carbocycles. The van der Waals surface area contributed by atoms with Crippen molar-refractivity contribution in [1.82, 2.24) is 9.97 Å². The van der Waals surface area contributed by atoms with Crippen LogP contribution in [-0.4, -0.2) is 37.3 Å². The molecular formula is C15H17N3O2. The van der Waals surface area contributed by atoms with Gasteiger partial charge < -0.3 is 14.4 Å². The van der Waals surface area contributed by atoms with E-state index in [2.05, 4.69) is 27.0 Å². The molecule has 2 heterocycles. The number of ether oxygens (including phenoxy) is 2. The number of methoxy groups -OCH3 is 2. The van der Waals surface area contributed by atoms with E-state index in [1.54, 1.807) is 20.5 Å². The number of hydrogen-bond donors (Lipinski definition) is 0. The van der Waals surface area contributed by atoms with Gasteiger partial charge in [-0.15, -0.1) is 0 Å². The standard InChI is InChI=1S/C15H17N3O2/c1-19-13-8-11-12(9-14(13)20-2)16-10-17-15(11)18-6-4-3-5-7-18/h3-4,8-10H,5-7H2,1-2H3. The van der Waals surface area contributed by atoms with Crippen LogP contribution in [0.2, 0.25) is 0 Å². The fourth-order valence-electron chi connectivity index (χ4n) is 2.46. The van der Waals surface area contributed by atoms with E-state index in [4.69, 9.17) is 9.47 Å². The number of rotatable bonds is 3. The highest BCUT2D eigenvalue weighted by Gasteiger charge is 2.15. The van der Waals surface area contributed by atoms with E-state index in [1.807, 2.05) is 12.1 Å². The van der Waals surface area contributed by atoms with Gasteiger partial charge in [-0.2, -0.15) is 0 Å². The Morgan fingerprint density at radius 3 is 2.55 bits per heavy atom. The maximum absolute atomic E-state index is 5.37. The van der Waals surface area contributed by atoms with E-state index in [9.17, 15) is 0 Å². The number of benzene rings is 1. The van der Waals surface area contributed by atoms with Crippen LogP contribution in [0.25, 0.3) is 10.9 Å². The van der Waals surface area contributed by atoms with Crippen LogP contribution in [0.3, 0.4) is 0 Å². The molecule has 5 nitrogen and oxygen atoms in total. The SMILES string of the molecule is COc1cc2ncnc(N3CC=CCC3)c2cc1OC. The molecule has 0 spiro atoms. The van der Waals surface area contributed by atoms with Gasteiger partial charge in [-0.05, 0) is 12.5 Å². The Hall–Kier alpha value is -2.30. The van der Waals surface area contributed by atoms with Crippen molar-refractivity contribution < 1.29 is 9.47 Å². The molecule has 2 aromatic rings. The first-order valence-electron chi connectivity index (χ1n) is 6.60. The zero-order valence-electron chi connectivity index (χ0n) is 11.7. The number of hydrogen-bond acceptors (Lipinski definition) is 5. The number of aromatic nitrogens is 2. The molecule has 3 rings (SSSR count). The molecule has 1 aliphatic rings. The van der Waals surface area contributed by atoms with E-state index in [1.165, 1.54) is 0 Å². The quantitative estimate of drug-likeness (QED) is 0.802. The molecule has 5 heteroatoms. The molecule has 1 aromatic heterocycles. The van der Waals surface area contributed by atoms with Crippen LogP contribution in [0.5, 0.6) is 11.5 Å². The molecule has 1 aromatic carbocycles. The van der Waals surface area contributed by atoms with Crippen molar-refractivity contribution in [2.75, 3.05) is 32.2 Å². The molecule has 1 aliphatic heterocycles. The number of anilines is 1. The third-order valence-corrected chi connectivity index (χ3v) is 3.48. The normalized spacial score (nSPS) is 14.6. The second-order valence-electron chi connectivity index (χ2n) is 4.63. The van der Waals surface area contributed by atoms with Crippen LogP contribution in [0, 0.1) is 0 Å². The van der Waals surface area contributed by atoms with Crippen molar-refractivity contribution in [3.8, 4) is 11.5 Å². The molecule has 0 N–H and O–H groups in total. The van der Waals surface area contributed by atoms with E-state index in [-0.39, 0.29) is 0 Å². The minimum absolute atomic E-state index is 0.684. The minimum atomic E-state index is 0.684. The molecule has 0 aliphatic carbocycles. The predicted molar refractivity (Wildman–Crippen MR) is 78.6 cm³/mol. The Labute approximate surface area is 117 Å². The molecule has 0 bridgehead atoms. The molecule has 20 heavy (non-hydrogen) atoms. The summed E-state index contributed by atoms with van der Waals surface area (Å²) in [5.74, 6) is 2.33. The molecule has 0 saturated heterocycles. The van der Waals surface area contributed by atoms with Crippen LogP contribution in [0.1, 0.15) is 6.42 Å². The minimum Gasteiger partial charge on any atom is -0.493 e. The van der Waals surface area contributed by atoms with Gasteiger partial charge in [0.05, 0.1) is 19.7 Å². The third-order valence-electron chi connectivity index (χ3n) is 3.48. The highest BCUT2D eigenvalue weighted by atomic mass is 16.5. The average Bonchev–Trinajstić information content (AvgIpc) is 2.53. The van der Waals surface area contributed by atoms with Crippen LogP contribution < -0.4 is 14.4 Å². The Morgan fingerprint density at radius 2 is 1.85 bits per heavy atom. The Balaban J connectivity index is 2.15. The highest BCUT2D eigenvalue weighted by molar-refractivity contribution is 5.92. The zero-order chi connectivity index (χ0) is 13.9. The molecule has 0 radical (unpaired) electrons. The molecule has 0 unspecified atom stereocenters. The van der Waals surface area contributed by atoms with Gasteiger partial charge in [0.1, 0.15) is 12.1 Å². The lowest BCUT2D eigenvalue weighted by Crippen LogP contribution is -2.27. The maximum atomic E-state index is 5.37. The molecule has 0 atom stereocenters. The van der Waals surface area contributed by atoms with Gasteiger partial charge in [0.2, 0.25) is 0 Å². The summed E-state index contributed by atoms with van der Waals surface area (Å²) in [6, 6.07) is 3.83. The lowest BCUT2D eigenvalue weighted by atomic mass is 10.1. The first kappa shape index (κ1) is 12.7. The van der Waals surface area contributed by atoms with Gasteiger partial charge in [-0.3, -0.25) is 0 Å². The van der Waals surface area contributed by atoms with Crippen LogP contribution in [0.15, 0.2) is 30.6 Å². The fraction of sp³-hybridized carbons (Fsp3) is 0.333. The summed E-state index contributed by atoms with van der Waals surface area (Å²) in [7, 11) is 3.26. The molecule has 104 valence electrons. The van der Waals surface area contributed by atoms with Crippen molar-refractivity contribution in [3.05, 3.63) is 30.6 Å². The lowest BCUT2D eigenvalue weighted by Gasteiger charge is -2.25. The van der Waals surface area contributed by atoms with E-state index in [0.29, 0.717) is 11.5 Å². The van der Waals surface area contributed by atoms with Crippen molar-refractivity contribution in [1.29, 1.82) is 0 Å². The van der Waals surface area contributed by atoms with Crippen molar-refractivity contribution in [2.24, 2.45) is 0 Å². The van der Waals surface area contributed by atoms with Crippen molar-refractivity contribution >= 4 is 16.7 Å². The summed E-state index contributed by atoms with van der Waals surface area (Å²) >= 11 is 0. The summed E-state index contributed by atoms with van der Waals surface area (Å²) < 4.78 is 10.7. The summed E-state index contributed by atoms with van der Waals surface area (Å²) in [6.07, 6.45) is 7.00. The number of nitrogens with zero attached hydrogens (tertiary/aromatic N) is 3. The van der Waals surface area contributed by atoms with Gasteiger partial charge in [0.15, 0.2) is 11.5 Å². The Kier molecular flexibility index (Phi) is 3.41. The zero-order valence-corrected chi connectivity index (χ0v) is 11.7. The van der Waals surface area contributed by atoms with E-state index in [0.717, 1.165) is 36.2 Å².